The van der Waals surface area contributed by atoms with Crippen molar-refractivity contribution in [1.82, 2.24) is 0 Å². The molecule has 0 saturated heterocycles. The minimum absolute atomic E-state index is 0.0242. The fourth-order valence-electron chi connectivity index (χ4n) is 1.75. The Morgan fingerprint density at radius 3 is 2.53 bits per heavy atom. The first-order valence-corrected chi connectivity index (χ1v) is 5.07. The number of halogens is 1. The molecule has 1 aromatic carbocycles. The zero-order chi connectivity index (χ0) is 11.2. The van der Waals surface area contributed by atoms with Crippen LogP contribution in [0.4, 0.5) is 5.69 Å². The number of Topliss-reactive ketones (excluding diaryl/α,β-unsaturated/α-hetero) is 1. The maximum atomic E-state index is 11.6. The third-order valence-corrected chi connectivity index (χ3v) is 2.63. The summed E-state index contributed by atoms with van der Waals surface area (Å²) in [7, 11) is 0. The van der Waals surface area contributed by atoms with Gasteiger partial charge >= 0.3 is 0 Å². The van der Waals surface area contributed by atoms with Gasteiger partial charge in [-0.25, -0.2) is 0 Å². The number of anilines is 1. The molecule has 4 heteroatoms. The van der Waals surface area contributed by atoms with Crippen LogP contribution in [0.3, 0.4) is 0 Å². The highest BCUT2D eigenvalue weighted by Crippen LogP contribution is 2.32. The van der Waals surface area contributed by atoms with E-state index in [1.54, 1.807) is 18.2 Å². The molecule has 0 atom stereocenters. The fraction of sp³-hybridized carbons (Fsp3) is 0.273. The molecule has 0 saturated carbocycles. The van der Waals surface area contributed by atoms with Gasteiger partial charge in [-0.05, 0) is 32.0 Å². The Morgan fingerprint density at radius 1 is 1.27 bits per heavy atom. The van der Waals surface area contributed by atoms with E-state index in [1.807, 2.05) is 13.8 Å². The first-order valence-electron chi connectivity index (χ1n) is 4.70. The molecule has 1 amide bonds. The molecule has 1 aromatic rings. The van der Waals surface area contributed by atoms with Crippen molar-refractivity contribution in [1.29, 1.82) is 0 Å². The van der Waals surface area contributed by atoms with Gasteiger partial charge in [0.15, 0.2) is 0 Å². The first kappa shape index (κ1) is 10.2. The summed E-state index contributed by atoms with van der Waals surface area (Å²) in [6.07, 6.45) is 0. The quantitative estimate of drug-likeness (QED) is 0.685. The van der Waals surface area contributed by atoms with Crippen molar-refractivity contribution in [2.45, 2.75) is 19.9 Å². The topological polar surface area (TPSA) is 37.4 Å². The van der Waals surface area contributed by atoms with Crippen molar-refractivity contribution in [2.24, 2.45) is 0 Å². The molecule has 1 aliphatic heterocycles. The van der Waals surface area contributed by atoms with E-state index in [1.165, 1.54) is 4.90 Å². The van der Waals surface area contributed by atoms with Gasteiger partial charge in [0, 0.05) is 11.1 Å². The summed E-state index contributed by atoms with van der Waals surface area (Å²) >= 11 is 5.78. The Hall–Kier alpha value is -1.35. The van der Waals surface area contributed by atoms with E-state index in [0.717, 1.165) is 0 Å². The summed E-state index contributed by atoms with van der Waals surface area (Å²) in [5, 5.41) is 0.473. The number of hydrogen-bond acceptors (Lipinski definition) is 2. The third-order valence-electron chi connectivity index (χ3n) is 2.39. The molecule has 1 aliphatic rings. The number of amides is 1. The lowest BCUT2D eigenvalue weighted by molar-refractivity contribution is -0.114. The predicted molar refractivity (Wildman–Crippen MR) is 58.4 cm³/mol. The van der Waals surface area contributed by atoms with Crippen LogP contribution in [0.5, 0.6) is 0 Å². The first-order chi connectivity index (χ1) is 7.02. The summed E-state index contributed by atoms with van der Waals surface area (Å²) in [5.41, 5.74) is 1.06. The van der Waals surface area contributed by atoms with Crippen molar-refractivity contribution in [3.63, 3.8) is 0 Å². The summed E-state index contributed by atoms with van der Waals surface area (Å²) < 4.78 is 0. The Balaban J connectivity index is 2.60. The molecule has 2 rings (SSSR count). The number of hydrogen-bond donors (Lipinski definition) is 0. The van der Waals surface area contributed by atoms with Crippen LogP contribution in [0.2, 0.25) is 5.02 Å². The van der Waals surface area contributed by atoms with E-state index in [4.69, 9.17) is 11.6 Å². The van der Waals surface area contributed by atoms with E-state index in [0.29, 0.717) is 16.3 Å². The molecule has 0 fully saturated rings. The maximum Gasteiger partial charge on any atom is 0.299 e. The Morgan fingerprint density at radius 2 is 1.93 bits per heavy atom. The van der Waals surface area contributed by atoms with Gasteiger partial charge in [0.25, 0.3) is 11.7 Å². The van der Waals surface area contributed by atoms with Crippen molar-refractivity contribution in [3.8, 4) is 0 Å². The predicted octanol–water partition coefficient (Wildman–Crippen LogP) is 2.28. The van der Waals surface area contributed by atoms with E-state index < -0.39 is 11.7 Å². The standard InChI is InChI=1S/C11H10ClNO2/c1-6(2)13-9-4-3-7(12)5-8(9)10(14)11(13)15/h3-6H,1-2H3. The molecular weight excluding hydrogens is 214 g/mol. The smallest absolute Gasteiger partial charge is 0.299 e. The van der Waals surface area contributed by atoms with Crippen LogP contribution in [-0.2, 0) is 4.79 Å². The van der Waals surface area contributed by atoms with Gasteiger partial charge in [-0.3, -0.25) is 9.59 Å². The summed E-state index contributed by atoms with van der Waals surface area (Å²) in [4.78, 5) is 24.8. The SMILES string of the molecule is CC(C)N1C(=O)C(=O)c2cc(Cl)ccc21. The maximum absolute atomic E-state index is 11.6. The summed E-state index contributed by atoms with van der Waals surface area (Å²) in [5.74, 6) is -0.941. The van der Waals surface area contributed by atoms with Gasteiger partial charge < -0.3 is 4.90 Å². The van der Waals surface area contributed by atoms with E-state index in [9.17, 15) is 9.59 Å². The third kappa shape index (κ3) is 1.43. The second-order valence-electron chi connectivity index (χ2n) is 3.76. The van der Waals surface area contributed by atoms with Crippen LogP contribution in [0, 0.1) is 0 Å². The molecule has 0 radical (unpaired) electrons. The molecular formula is C11H10ClNO2. The van der Waals surface area contributed by atoms with Gasteiger partial charge in [-0.2, -0.15) is 0 Å². The monoisotopic (exact) mass is 223 g/mol. The highest BCUT2D eigenvalue weighted by Gasteiger charge is 2.37. The average Bonchev–Trinajstić information content (AvgIpc) is 2.41. The van der Waals surface area contributed by atoms with Crippen molar-refractivity contribution < 1.29 is 9.59 Å². The Bertz CT molecular complexity index is 454. The molecule has 0 N–H and O–H groups in total. The van der Waals surface area contributed by atoms with Crippen LogP contribution >= 0.6 is 11.6 Å². The molecule has 78 valence electrons. The molecule has 0 bridgehead atoms. The van der Waals surface area contributed by atoms with Crippen molar-refractivity contribution in [3.05, 3.63) is 28.8 Å². The highest BCUT2D eigenvalue weighted by molar-refractivity contribution is 6.52. The summed E-state index contributed by atoms with van der Waals surface area (Å²) in [6, 6.07) is 4.91. The van der Waals surface area contributed by atoms with Gasteiger partial charge in [-0.1, -0.05) is 11.6 Å². The van der Waals surface area contributed by atoms with Gasteiger partial charge in [-0.15, -0.1) is 0 Å². The lowest BCUT2D eigenvalue weighted by Gasteiger charge is -2.20. The lowest BCUT2D eigenvalue weighted by atomic mass is 10.1. The number of nitrogens with zero attached hydrogens (tertiary/aromatic N) is 1. The highest BCUT2D eigenvalue weighted by atomic mass is 35.5. The number of rotatable bonds is 1. The van der Waals surface area contributed by atoms with E-state index in [2.05, 4.69) is 0 Å². The second kappa shape index (κ2) is 3.35. The lowest BCUT2D eigenvalue weighted by Crippen LogP contribution is -2.35. The average molecular weight is 224 g/mol. The molecule has 0 aromatic heterocycles. The van der Waals surface area contributed by atoms with Gasteiger partial charge in [0.1, 0.15) is 0 Å². The van der Waals surface area contributed by atoms with Crippen molar-refractivity contribution >= 4 is 29.0 Å². The van der Waals surface area contributed by atoms with E-state index in [-0.39, 0.29) is 6.04 Å². The molecule has 0 unspecified atom stereocenters. The number of ketones is 1. The summed E-state index contributed by atoms with van der Waals surface area (Å²) in [6.45, 7) is 3.74. The molecule has 1 heterocycles. The minimum atomic E-state index is -0.471. The zero-order valence-corrected chi connectivity index (χ0v) is 9.21. The molecule has 15 heavy (non-hydrogen) atoms. The molecule has 3 nitrogen and oxygen atoms in total. The van der Waals surface area contributed by atoms with Gasteiger partial charge in [0.05, 0.1) is 11.3 Å². The number of fused-ring (bicyclic) bond motifs is 1. The molecule has 0 spiro atoms. The van der Waals surface area contributed by atoms with E-state index >= 15 is 0 Å². The van der Waals surface area contributed by atoms with Gasteiger partial charge in [0.2, 0.25) is 0 Å². The van der Waals surface area contributed by atoms with Crippen LogP contribution in [0.15, 0.2) is 18.2 Å². The normalized spacial score (nSPS) is 15.1. The minimum Gasteiger partial charge on any atom is -0.302 e. The van der Waals surface area contributed by atoms with Crippen molar-refractivity contribution in [2.75, 3.05) is 4.90 Å². The largest absolute Gasteiger partial charge is 0.302 e. The number of carbonyl (C=O) groups excluding carboxylic acids is 2. The van der Waals surface area contributed by atoms with Crippen LogP contribution in [-0.4, -0.2) is 17.7 Å². The molecule has 0 aliphatic carbocycles. The van der Waals surface area contributed by atoms with Crippen LogP contribution in [0.1, 0.15) is 24.2 Å². The van der Waals surface area contributed by atoms with Crippen LogP contribution < -0.4 is 4.90 Å². The Kier molecular flexibility index (Phi) is 2.27. The number of carbonyl (C=O) groups is 2. The Labute approximate surface area is 92.6 Å². The zero-order valence-electron chi connectivity index (χ0n) is 8.45. The second-order valence-corrected chi connectivity index (χ2v) is 4.20. The number of benzene rings is 1. The van der Waals surface area contributed by atoms with Crippen LogP contribution in [0.25, 0.3) is 0 Å². The fourth-order valence-corrected chi connectivity index (χ4v) is 1.92.